The van der Waals surface area contributed by atoms with Crippen LogP contribution in [0.5, 0.6) is 0 Å². The Hall–Kier alpha value is 0.0800. The SMILES string of the molecule is O=C(F)CCBr. The highest BCUT2D eigenvalue weighted by Crippen LogP contribution is 1.88. The zero-order valence-electron chi connectivity index (χ0n) is 3.08. The van der Waals surface area contributed by atoms with Gasteiger partial charge in [0.2, 0.25) is 0 Å². The lowest BCUT2D eigenvalue weighted by atomic mass is 10.5. The van der Waals surface area contributed by atoms with Gasteiger partial charge in [0.15, 0.2) is 0 Å². The van der Waals surface area contributed by atoms with Gasteiger partial charge in [-0.3, -0.25) is 4.79 Å². The zero-order valence-corrected chi connectivity index (χ0v) is 4.66. The van der Waals surface area contributed by atoms with Crippen molar-refractivity contribution in [2.75, 3.05) is 5.33 Å². The molecule has 0 radical (unpaired) electrons. The van der Waals surface area contributed by atoms with Crippen LogP contribution in [-0.2, 0) is 4.79 Å². The molecule has 0 N–H and O–H groups in total. The highest BCUT2D eigenvalue weighted by molar-refractivity contribution is 9.09. The Morgan fingerprint density at radius 2 is 2.33 bits per heavy atom. The summed E-state index contributed by atoms with van der Waals surface area (Å²) >= 11 is 2.89. The van der Waals surface area contributed by atoms with Crippen molar-refractivity contribution < 1.29 is 9.18 Å². The smallest absolute Gasteiger partial charge is 0.261 e. The number of carbonyl (C=O) groups excluding carboxylic acids is 1. The van der Waals surface area contributed by atoms with Crippen molar-refractivity contribution in [3.63, 3.8) is 0 Å². The summed E-state index contributed by atoms with van der Waals surface area (Å²) in [6.45, 7) is 0. The first-order valence-electron chi connectivity index (χ1n) is 1.51. The lowest BCUT2D eigenvalue weighted by Gasteiger charge is -1.74. The standard InChI is InChI=1S/C3H4BrFO/c4-2-1-3(5)6/h1-2H2. The topological polar surface area (TPSA) is 17.1 Å². The Morgan fingerprint density at radius 3 is 2.33 bits per heavy atom. The molecule has 0 rings (SSSR count). The van der Waals surface area contributed by atoms with Crippen molar-refractivity contribution in [2.24, 2.45) is 0 Å². The number of rotatable bonds is 2. The summed E-state index contributed by atoms with van der Waals surface area (Å²) in [4.78, 5) is 9.35. The molecule has 36 valence electrons. The van der Waals surface area contributed by atoms with Crippen molar-refractivity contribution in [1.29, 1.82) is 0 Å². The van der Waals surface area contributed by atoms with E-state index in [1.54, 1.807) is 0 Å². The summed E-state index contributed by atoms with van der Waals surface area (Å²) in [5.74, 6) is 0. The molecule has 0 amide bonds. The van der Waals surface area contributed by atoms with Gasteiger partial charge in [-0.15, -0.1) is 0 Å². The Morgan fingerprint density at radius 1 is 1.83 bits per heavy atom. The summed E-state index contributed by atoms with van der Waals surface area (Å²) in [6.07, 6.45) is -0.0139. The average molecular weight is 155 g/mol. The molecular weight excluding hydrogens is 151 g/mol. The Balaban J connectivity index is 2.83. The first kappa shape index (κ1) is 6.08. The van der Waals surface area contributed by atoms with Crippen LogP contribution < -0.4 is 0 Å². The van der Waals surface area contributed by atoms with E-state index in [1.807, 2.05) is 0 Å². The number of hydrogen-bond acceptors (Lipinski definition) is 1. The number of alkyl halides is 1. The highest BCUT2D eigenvalue weighted by atomic mass is 79.9. The first-order chi connectivity index (χ1) is 2.77. The molecule has 0 unspecified atom stereocenters. The van der Waals surface area contributed by atoms with E-state index < -0.39 is 6.04 Å². The zero-order chi connectivity index (χ0) is 4.99. The molecule has 0 heterocycles. The molecule has 1 nitrogen and oxygen atoms in total. The fourth-order valence-corrected chi connectivity index (χ4v) is 0.386. The fraction of sp³-hybridized carbons (Fsp3) is 0.667. The van der Waals surface area contributed by atoms with Gasteiger partial charge in [0.05, 0.1) is 0 Å². The van der Waals surface area contributed by atoms with Crippen LogP contribution in [0.4, 0.5) is 4.39 Å². The van der Waals surface area contributed by atoms with Gasteiger partial charge >= 0.3 is 6.04 Å². The predicted octanol–water partition coefficient (Wildman–Crippen LogP) is 1.27. The molecule has 0 bridgehead atoms. The van der Waals surface area contributed by atoms with E-state index >= 15 is 0 Å². The summed E-state index contributed by atoms with van der Waals surface area (Å²) in [6, 6.07) is -1.26. The second-order valence-corrected chi connectivity index (χ2v) is 1.59. The van der Waals surface area contributed by atoms with Gasteiger partial charge in [-0.05, 0) is 0 Å². The van der Waals surface area contributed by atoms with Crippen LogP contribution in [-0.4, -0.2) is 11.4 Å². The van der Waals surface area contributed by atoms with Gasteiger partial charge in [0, 0.05) is 11.8 Å². The van der Waals surface area contributed by atoms with E-state index in [9.17, 15) is 9.18 Å². The number of carbonyl (C=O) groups is 1. The van der Waals surface area contributed by atoms with Gasteiger partial charge in [0.25, 0.3) is 0 Å². The third-order valence-electron chi connectivity index (χ3n) is 0.291. The van der Waals surface area contributed by atoms with Crippen molar-refractivity contribution in [3.8, 4) is 0 Å². The van der Waals surface area contributed by atoms with E-state index in [4.69, 9.17) is 0 Å². The third kappa shape index (κ3) is 4.08. The fourth-order valence-electron chi connectivity index (χ4n) is 0.0743. The molecule has 0 atom stereocenters. The largest absolute Gasteiger partial charge is 0.302 e. The monoisotopic (exact) mass is 154 g/mol. The van der Waals surface area contributed by atoms with E-state index in [1.165, 1.54) is 0 Å². The maximum Gasteiger partial charge on any atom is 0.302 e. The van der Waals surface area contributed by atoms with Crippen LogP contribution >= 0.6 is 15.9 Å². The Labute approximate surface area is 43.7 Å². The molecule has 0 aliphatic heterocycles. The minimum absolute atomic E-state index is 0.0139. The van der Waals surface area contributed by atoms with Crippen LogP contribution in [0.3, 0.4) is 0 Å². The van der Waals surface area contributed by atoms with Gasteiger partial charge in [-0.25, -0.2) is 0 Å². The normalized spacial score (nSPS) is 8.33. The van der Waals surface area contributed by atoms with Crippen molar-refractivity contribution >= 4 is 22.0 Å². The molecule has 0 saturated carbocycles. The maximum atomic E-state index is 11.0. The highest BCUT2D eigenvalue weighted by Gasteiger charge is 1.90. The van der Waals surface area contributed by atoms with Gasteiger partial charge in [0.1, 0.15) is 0 Å². The van der Waals surface area contributed by atoms with E-state index in [2.05, 4.69) is 15.9 Å². The number of hydrogen-bond donors (Lipinski definition) is 0. The predicted molar refractivity (Wildman–Crippen MR) is 24.5 cm³/mol. The van der Waals surface area contributed by atoms with E-state index in [0.29, 0.717) is 5.33 Å². The first-order valence-corrected chi connectivity index (χ1v) is 2.64. The second-order valence-electron chi connectivity index (χ2n) is 0.794. The van der Waals surface area contributed by atoms with Crippen molar-refractivity contribution in [2.45, 2.75) is 6.42 Å². The second kappa shape index (κ2) is 3.28. The van der Waals surface area contributed by atoms with E-state index in [-0.39, 0.29) is 6.42 Å². The lowest BCUT2D eigenvalue weighted by molar-refractivity contribution is -0.128. The van der Waals surface area contributed by atoms with E-state index in [0.717, 1.165) is 0 Å². The molecule has 0 spiro atoms. The van der Waals surface area contributed by atoms with Crippen molar-refractivity contribution in [1.82, 2.24) is 0 Å². The Kier molecular flexibility index (Phi) is 3.32. The molecule has 0 fully saturated rings. The molecule has 0 aromatic rings. The van der Waals surface area contributed by atoms with Crippen molar-refractivity contribution in [3.05, 3.63) is 0 Å². The minimum atomic E-state index is -1.26. The minimum Gasteiger partial charge on any atom is -0.261 e. The molecule has 0 saturated heterocycles. The Bertz CT molecular complexity index is 54.8. The molecule has 0 aliphatic carbocycles. The van der Waals surface area contributed by atoms with Crippen LogP contribution in [0.1, 0.15) is 6.42 Å². The average Bonchev–Trinajstić information content (AvgIpc) is 1.35. The molecule has 3 heteroatoms. The van der Waals surface area contributed by atoms with Gasteiger partial charge in [-0.2, -0.15) is 4.39 Å². The molecule has 0 aromatic heterocycles. The number of halogens is 2. The lowest BCUT2D eigenvalue weighted by Crippen LogP contribution is -1.85. The molecule has 0 aromatic carbocycles. The summed E-state index contributed by atoms with van der Waals surface area (Å²) in [7, 11) is 0. The van der Waals surface area contributed by atoms with Crippen LogP contribution in [0.2, 0.25) is 0 Å². The summed E-state index contributed by atoms with van der Waals surface area (Å²) < 4.78 is 11.0. The summed E-state index contributed by atoms with van der Waals surface area (Å²) in [5.41, 5.74) is 0. The van der Waals surface area contributed by atoms with Gasteiger partial charge in [-0.1, -0.05) is 15.9 Å². The van der Waals surface area contributed by atoms with Crippen LogP contribution in [0, 0.1) is 0 Å². The third-order valence-corrected chi connectivity index (χ3v) is 0.688. The molecule has 0 aliphatic rings. The van der Waals surface area contributed by atoms with Gasteiger partial charge < -0.3 is 0 Å². The quantitative estimate of drug-likeness (QED) is 0.433. The molecular formula is C3H4BrFO. The van der Waals surface area contributed by atoms with Crippen LogP contribution in [0.25, 0.3) is 0 Å². The maximum absolute atomic E-state index is 11.0. The molecule has 6 heavy (non-hydrogen) atoms. The van der Waals surface area contributed by atoms with Crippen LogP contribution in [0.15, 0.2) is 0 Å². The summed E-state index contributed by atoms with van der Waals surface area (Å²) in [5, 5.41) is 0.419.